The molecule has 0 aromatic heterocycles. The average molecular weight is 481 g/mol. The third kappa shape index (κ3) is 8.27. The van der Waals surface area contributed by atoms with Gasteiger partial charge in [-0.1, -0.05) is 13.8 Å². The van der Waals surface area contributed by atoms with Gasteiger partial charge in [0, 0.05) is 52.4 Å². The molecule has 0 amide bonds. The molecule has 0 saturated carbocycles. The standard InChI is InChI=1S/C19H39N5O.HI/c1-5-20-18(22-16-19(4)8-7-13-25-19)21-14-17(3)15-24-11-9-23(6-2)10-12-24;/h17H,5-16H2,1-4H3,(H2,20,21,22);1H. The van der Waals surface area contributed by atoms with Crippen molar-refractivity contribution < 1.29 is 4.74 Å². The van der Waals surface area contributed by atoms with Crippen LogP contribution in [0.1, 0.15) is 40.5 Å². The zero-order valence-corrected chi connectivity index (χ0v) is 19.6. The Kier molecular flexibility index (Phi) is 11.4. The van der Waals surface area contributed by atoms with E-state index < -0.39 is 0 Å². The predicted octanol–water partition coefficient (Wildman–Crippen LogP) is 2.00. The first-order valence-corrected chi connectivity index (χ1v) is 10.2. The lowest BCUT2D eigenvalue weighted by Crippen LogP contribution is -2.48. The van der Waals surface area contributed by atoms with E-state index in [9.17, 15) is 0 Å². The lowest BCUT2D eigenvalue weighted by atomic mass is 10.0. The zero-order valence-electron chi connectivity index (χ0n) is 17.2. The first kappa shape index (κ1) is 23.9. The fourth-order valence-electron chi connectivity index (χ4n) is 3.61. The molecule has 2 fully saturated rings. The van der Waals surface area contributed by atoms with Gasteiger partial charge in [0.05, 0.1) is 12.1 Å². The van der Waals surface area contributed by atoms with Crippen molar-refractivity contribution in [3.8, 4) is 0 Å². The minimum atomic E-state index is -0.0765. The van der Waals surface area contributed by atoms with E-state index >= 15 is 0 Å². The third-order valence-corrected chi connectivity index (χ3v) is 5.32. The molecule has 2 heterocycles. The van der Waals surface area contributed by atoms with Crippen molar-refractivity contribution in [2.24, 2.45) is 10.9 Å². The highest BCUT2D eigenvalue weighted by atomic mass is 127. The quantitative estimate of drug-likeness (QED) is 0.316. The van der Waals surface area contributed by atoms with Crippen molar-refractivity contribution in [3.05, 3.63) is 0 Å². The van der Waals surface area contributed by atoms with Crippen LogP contribution in [0.4, 0.5) is 0 Å². The number of rotatable bonds is 8. The van der Waals surface area contributed by atoms with Gasteiger partial charge in [-0.25, -0.2) is 0 Å². The maximum absolute atomic E-state index is 5.84. The Labute approximate surface area is 177 Å². The van der Waals surface area contributed by atoms with Gasteiger partial charge in [0.25, 0.3) is 0 Å². The van der Waals surface area contributed by atoms with Crippen molar-refractivity contribution in [1.29, 1.82) is 0 Å². The van der Waals surface area contributed by atoms with Gasteiger partial charge in [0.1, 0.15) is 0 Å². The third-order valence-electron chi connectivity index (χ3n) is 5.32. The number of halogens is 1. The molecular weight excluding hydrogens is 441 g/mol. The minimum Gasteiger partial charge on any atom is -0.373 e. The summed E-state index contributed by atoms with van der Waals surface area (Å²) in [5.74, 6) is 1.53. The first-order valence-electron chi connectivity index (χ1n) is 10.2. The highest BCUT2D eigenvalue weighted by Gasteiger charge is 2.29. The summed E-state index contributed by atoms with van der Waals surface area (Å²) in [5, 5.41) is 6.88. The Morgan fingerprint density at radius 3 is 2.42 bits per heavy atom. The number of hydrogen-bond donors (Lipinski definition) is 2. The van der Waals surface area contributed by atoms with Gasteiger partial charge in [-0.2, -0.15) is 0 Å². The molecule has 2 atom stereocenters. The Morgan fingerprint density at radius 2 is 1.85 bits per heavy atom. The Balaban J connectivity index is 0.00000338. The molecule has 2 aliphatic heterocycles. The molecule has 2 unspecified atom stereocenters. The summed E-state index contributed by atoms with van der Waals surface area (Å²) in [4.78, 5) is 9.88. The second-order valence-corrected chi connectivity index (χ2v) is 7.82. The maximum atomic E-state index is 5.84. The van der Waals surface area contributed by atoms with Crippen LogP contribution in [0.25, 0.3) is 0 Å². The van der Waals surface area contributed by atoms with E-state index in [1.807, 2.05) is 0 Å². The van der Waals surface area contributed by atoms with Crippen molar-refractivity contribution in [2.75, 3.05) is 65.5 Å². The monoisotopic (exact) mass is 481 g/mol. The van der Waals surface area contributed by atoms with E-state index in [1.54, 1.807) is 0 Å². The topological polar surface area (TPSA) is 52.1 Å². The van der Waals surface area contributed by atoms with Gasteiger partial charge >= 0.3 is 0 Å². The van der Waals surface area contributed by atoms with Crippen molar-refractivity contribution >= 4 is 29.9 Å². The number of nitrogens with one attached hydrogen (secondary N) is 2. The molecule has 2 saturated heterocycles. The molecule has 26 heavy (non-hydrogen) atoms. The second-order valence-electron chi connectivity index (χ2n) is 7.82. The summed E-state index contributed by atoms with van der Waals surface area (Å²) in [5.41, 5.74) is -0.0765. The summed E-state index contributed by atoms with van der Waals surface area (Å²) in [6, 6.07) is 0. The molecule has 0 radical (unpaired) electrons. The van der Waals surface area contributed by atoms with Gasteiger partial charge in [0.2, 0.25) is 0 Å². The van der Waals surface area contributed by atoms with Crippen molar-refractivity contribution in [2.45, 2.75) is 46.1 Å². The maximum Gasteiger partial charge on any atom is 0.191 e. The number of likely N-dealkylation sites (N-methyl/N-ethyl adjacent to an activating group) is 1. The van der Waals surface area contributed by atoms with E-state index in [2.05, 4.69) is 48.1 Å². The normalized spacial score (nSPS) is 26.4. The van der Waals surface area contributed by atoms with Crippen molar-refractivity contribution in [1.82, 2.24) is 20.4 Å². The predicted molar refractivity (Wildman–Crippen MR) is 121 cm³/mol. The molecule has 0 aromatic carbocycles. The molecule has 154 valence electrons. The summed E-state index contributed by atoms with van der Waals surface area (Å²) in [6.07, 6.45) is 2.26. The molecule has 7 heteroatoms. The Morgan fingerprint density at radius 1 is 1.15 bits per heavy atom. The molecule has 2 rings (SSSR count). The smallest absolute Gasteiger partial charge is 0.191 e. The van der Waals surface area contributed by atoms with Crippen LogP contribution in [0.2, 0.25) is 0 Å². The number of ether oxygens (including phenoxy) is 1. The van der Waals surface area contributed by atoms with Gasteiger partial charge < -0.3 is 25.2 Å². The summed E-state index contributed by atoms with van der Waals surface area (Å²) in [6.45, 7) is 19.4. The molecule has 0 spiro atoms. The lowest BCUT2D eigenvalue weighted by Gasteiger charge is -2.35. The average Bonchev–Trinajstić information content (AvgIpc) is 3.05. The van der Waals surface area contributed by atoms with Gasteiger partial charge in [0.15, 0.2) is 5.96 Å². The van der Waals surface area contributed by atoms with Gasteiger partial charge in [-0.3, -0.25) is 4.99 Å². The van der Waals surface area contributed by atoms with Crippen molar-refractivity contribution in [3.63, 3.8) is 0 Å². The Bertz CT molecular complexity index is 407. The van der Waals surface area contributed by atoms with Crippen LogP contribution < -0.4 is 10.6 Å². The number of piperazine rings is 1. The summed E-state index contributed by atoms with van der Waals surface area (Å²) in [7, 11) is 0. The SMILES string of the molecule is CCNC(=NCC1(C)CCCO1)NCC(C)CN1CCN(CC)CC1.I. The fourth-order valence-corrected chi connectivity index (χ4v) is 3.61. The van der Waals surface area contributed by atoms with E-state index in [4.69, 9.17) is 9.73 Å². The number of aliphatic imine (C=N–C) groups is 1. The second kappa shape index (κ2) is 12.4. The minimum absolute atomic E-state index is 0. The highest BCUT2D eigenvalue weighted by Crippen LogP contribution is 2.24. The van der Waals surface area contributed by atoms with Gasteiger partial charge in [-0.05, 0) is 39.2 Å². The van der Waals surface area contributed by atoms with E-state index in [-0.39, 0.29) is 29.6 Å². The lowest BCUT2D eigenvalue weighted by molar-refractivity contribution is 0.0283. The summed E-state index contributed by atoms with van der Waals surface area (Å²) >= 11 is 0. The van der Waals surface area contributed by atoms with Crippen LogP contribution >= 0.6 is 24.0 Å². The van der Waals surface area contributed by atoms with Crippen LogP contribution in [0.5, 0.6) is 0 Å². The van der Waals surface area contributed by atoms with Crippen LogP contribution in [0.3, 0.4) is 0 Å². The molecule has 2 N–H and O–H groups in total. The highest BCUT2D eigenvalue weighted by molar-refractivity contribution is 14.0. The van der Waals surface area contributed by atoms with E-state index in [0.717, 1.165) is 51.6 Å². The number of hydrogen-bond acceptors (Lipinski definition) is 4. The van der Waals surface area contributed by atoms with E-state index in [0.29, 0.717) is 5.92 Å². The molecule has 6 nitrogen and oxygen atoms in total. The zero-order chi connectivity index (χ0) is 18.1. The van der Waals surface area contributed by atoms with Gasteiger partial charge in [-0.15, -0.1) is 24.0 Å². The van der Waals surface area contributed by atoms with E-state index in [1.165, 1.54) is 32.7 Å². The van der Waals surface area contributed by atoms with Crippen LogP contribution in [-0.2, 0) is 4.74 Å². The molecule has 0 aromatic rings. The Hall–Kier alpha value is -0.120. The number of nitrogens with zero attached hydrogens (tertiary/aromatic N) is 3. The van der Waals surface area contributed by atoms with Crippen LogP contribution in [0, 0.1) is 5.92 Å². The molecule has 0 aliphatic carbocycles. The molecular formula is C19H40IN5O. The largest absolute Gasteiger partial charge is 0.373 e. The van der Waals surface area contributed by atoms with Crippen LogP contribution in [-0.4, -0.2) is 86.9 Å². The molecule has 2 aliphatic rings. The fraction of sp³-hybridized carbons (Fsp3) is 0.947. The number of guanidine groups is 1. The first-order chi connectivity index (χ1) is 12.0. The summed E-state index contributed by atoms with van der Waals surface area (Å²) < 4.78 is 5.84. The van der Waals surface area contributed by atoms with Crippen LogP contribution in [0.15, 0.2) is 4.99 Å². The molecule has 0 bridgehead atoms.